The van der Waals surface area contributed by atoms with Crippen LogP contribution in [0.3, 0.4) is 0 Å². The quantitative estimate of drug-likeness (QED) is 0.364. The summed E-state index contributed by atoms with van der Waals surface area (Å²) < 4.78 is 48.5. The molecule has 0 aliphatic heterocycles. The van der Waals surface area contributed by atoms with Crippen LogP contribution in [-0.4, -0.2) is 36.1 Å². The summed E-state index contributed by atoms with van der Waals surface area (Å²) in [5.74, 6) is 1.60. The molecule has 1 aromatic carbocycles. The standard InChI is InChI=1S/C24H26F3N3OS/c1-31-17-10-11-18(19(12-17)24(25,26)27)20-4-3-5-21-22(23(32-2)28-30(20)21)29(13-15-6-7-15)14-16-8-9-16/h3-5,10-12,15-16H,6-9,13-14H2,1-2H3. The van der Waals surface area contributed by atoms with E-state index in [9.17, 15) is 13.2 Å². The summed E-state index contributed by atoms with van der Waals surface area (Å²) in [5, 5.41) is 5.65. The molecule has 0 N–H and O–H groups in total. The minimum Gasteiger partial charge on any atom is -0.497 e. The van der Waals surface area contributed by atoms with E-state index in [-0.39, 0.29) is 11.3 Å². The smallest absolute Gasteiger partial charge is 0.417 e. The number of aromatic nitrogens is 2. The molecule has 0 amide bonds. The number of halogens is 3. The van der Waals surface area contributed by atoms with Crippen molar-refractivity contribution in [1.82, 2.24) is 9.61 Å². The number of hydrogen-bond donors (Lipinski definition) is 0. The number of hydrogen-bond acceptors (Lipinski definition) is 4. The Kier molecular flexibility index (Phi) is 5.51. The zero-order valence-corrected chi connectivity index (χ0v) is 19.0. The van der Waals surface area contributed by atoms with Gasteiger partial charge in [0.15, 0.2) is 0 Å². The van der Waals surface area contributed by atoms with E-state index in [4.69, 9.17) is 9.84 Å². The van der Waals surface area contributed by atoms with Crippen molar-refractivity contribution >= 4 is 23.0 Å². The number of ether oxygens (including phenoxy) is 1. The molecule has 0 spiro atoms. The minimum absolute atomic E-state index is 0.0986. The zero-order valence-electron chi connectivity index (χ0n) is 18.2. The molecule has 2 fully saturated rings. The van der Waals surface area contributed by atoms with Crippen LogP contribution in [0.15, 0.2) is 41.4 Å². The maximum Gasteiger partial charge on any atom is 0.417 e. The van der Waals surface area contributed by atoms with E-state index in [1.54, 1.807) is 28.4 Å². The van der Waals surface area contributed by atoms with Gasteiger partial charge in [-0.05, 0) is 74.1 Å². The number of thioether (sulfide) groups is 1. The molecule has 2 saturated carbocycles. The average molecular weight is 462 g/mol. The largest absolute Gasteiger partial charge is 0.497 e. The fourth-order valence-corrected chi connectivity index (χ4v) is 4.85. The Morgan fingerprint density at radius 2 is 1.78 bits per heavy atom. The Labute approximate surface area is 189 Å². The minimum atomic E-state index is -4.51. The molecule has 0 radical (unpaired) electrons. The van der Waals surface area contributed by atoms with E-state index < -0.39 is 11.7 Å². The van der Waals surface area contributed by atoms with Gasteiger partial charge in [-0.25, -0.2) is 4.52 Å². The summed E-state index contributed by atoms with van der Waals surface area (Å²) in [5.41, 5.74) is 1.72. The van der Waals surface area contributed by atoms with Crippen molar-refractivity contribution in [3.63, 3.8) is 0 Å². The van der Waals surface area contributed by atoms with Gasteiger partial charge in [0.05, 0.1) is 29.6 Å². The predicted octanol–water partition coefficient (Wildman–Crippen LogP) is 6.38. The van der Waals surface area contributed by atoms with Gasteiger partial charge >= 0.3 is 6.18 Å². The first kappa shape index (κ1) is 21.5. The van der Waals surface area contributed by atoms with Crippen LogP contribution in [-0.2, 0) is 6.18 Å². The lowest BCUT2D eigenvalue weighted by Gasteiger charge is -2.25. The third kappa shape index (κ3) is 4.17. The summed E-state index contributed by atoms with van der Waals surface area (Å²) in [6.45, 7) is 1.98. The topological polar surface area (TPSA) is 29.8 Å². The summed E-state index contributed by atoms with van der Waals surface area (Å²) in [7, 11) is 1.37. The zero-order chi connectivity index (χ0) is 22.5. The maximum absolute atomic E-state index is 13.9. The van der Waals surface area contributed by atoms with Crippen molar-refractivity contribution in [3.8, 4) is 17.0 Å². The summed E-state index contributed by atoms with van der Waals surface area (Å²) >= 11 is 1.55. The van der Waals surface area contributed by atoms with Crippen molar-refractivity contribution in [2.75, 3.05) is 31.4 Å². The van der Waals surface area contributed by atoms with Crippen LogP contribution in [0.25, 0.3) is 16.8 Å². The van der Waals surface area contributed by atoms with Crippen LogP contribution < -0.4 is 9.64 Å². The van der Waals surface area contributed by atoms with Gasteiger partial charge in [0.25, 0.3) is 0 Å². The summed E-state index contributed by atoms with van der Waals surface area (Å²) in [6, 6.07) is 9.60. The molecule has 2 aromatic heterocycles. The highest BCUT2D eigenvalue weighted by atomic mass is 32.2. The van der Waals surface area contributed by atoms with Crippen LogP contribution in [0.1, 0.15) is 31.2 Å². The Morgan fingerprint density at radius 1 is 1.09 bits per heavy atom. The first-order valence-electron chi connectivity index (χ1n) is 11.0. The second kappa shape index (κ2) is 8.21. The predicted molar refractivity (Wildman–Crippen MR) is 122 cm³/mol. The van der Waals surface area contributed by atoms with Gasteiger partial charge in [0.1, 0.15) is 10.8 Å². The number of rotatable bonds is 8. The number of alkyl halides is 3. The molecule has 0 atom stereocenters. The van der Waals surface area contributed by atoms with Gasteiger partial charge in [-0.1, -0.05) is 6.07 Å². The van der Waals surface area contributed by atoms with Crippen molar-refractivity contribution in [2.24, 2.45) is 11.8 Å². The highest BCUT2D eigenvalue weighted by Gasteiger charge is 2.36. The van der Waals surface area contributed by atoms with Gasteiger partial charge in [-0.15, -0.1) is 11.8 Å². The fourth-order valence-electron chi connectivity index (χ4n) is 4.26. The summed E-state index contributed by atoms with van der Waals surface area (Å²) in [4.78, 5) is 2.44. The van der Waals surface area contributed by atoms with E-state index in [0.29, 0.717) is 17.5 Å². The molecule has 170 valence electrons. The van der Waals surface area contributed by atoms with E-state index in [1.165, 1.54) is 38.9 Å². The molecule has 0 unspecified atom stereocenters. The van der Waals surface area contributed by atoms with E-state index >= 15 is 0 Å². The average Bonchev–Trinajstić information content (AvgIpc) is 3.71. The van der Waals surface area contributed by atoms with Gasteiger partial charge in [-0.3, -0.25) is 0 Å². The SMILES string of the molecule is COc1ccc(-c2cccc3c(N(CC4CC4)CC4CC4)c(SC)nn23)c(C(F)(F)F)c1. The van der Waals surface area contributed by atoms with Gasteiger partial charge in [0, 0.05) is 18.7 Å². The molecule has 2 aliphatic carbocycles. The van der Waals surface area contributed by atoms with Crippen LogP contribution >= 0.6 is 11.8 Å². The molecule has 8 heteroatoms. The highest BCUT2D eigenvalue weighted by Crippen LogP contribution is 2.43. The molecular weight excluding hydrogens is 435 g/mol. The lowest BCUT2D eigenvalue weighted by Crippen LogP contribution is -2.28. The molecule has 32 heavy (non-hydrogen) atoms. The molecule has 0 saturated heterocycles. The first-order valence-corrected chi connectivity index (χ1v) is 12.2. The third-order valence-corrected chi connectivity index (χ3v) is 6.93. The fraction of sp³-hybridized carbons (Fsp3) is 0.458. The van der Waals surface area contributed by atoms with Crippen LogP contribution in [0, 0.1) is 11.8 Å². The molecular formula is C24H26F3N3OS. The van der Waals surface area contributed by atoms with Crippen molar-refractivity contribution < 1.29 is 17.9 Å². The normalized spacial score (nSPS) is 16.5. The van der Waals surface area contributed by atoms with Crippen LogP contribution in [0.2, 0.25) is 0 Å². The van der Waals surface area contributed by atoms with E-state index in [1.807, 2.05) is 18.4 Å². The number of nitrogens with zero attached hydrogens (tertiary/aromatic N) is 3. The van der Waals surface area contributed by atoms with Gasteiger partial charge in [0.2, 0.25) is 0 Å². The molecule has 3 aromatic rings. The van der Waals surface area contributed by atoms with E-state index in [0.717, 1.165) is 35.4 Å². The van der Waals surface area contributed by atoms with Crippen molar-refractivity contribution in [3.05, 3.63) is 42.0 Å². The number of anilines is 1. The lowest BCUT2D eigenvalue weighted by atomic mass is 10.0. The molecule has 5 rings (SSSR count). The molecule has 2 heterocycles. The molecule has 2 aliphatic rings. The van der Waals surface area contributed by atoms with Gasteiger partial charge in [-0.2, -0.15) is 18.3 Å². The number of benzene rings is 1. The number of methoxy groups -OCH3 is 1. The molecule has 4 nitrogen and oxygen atoms in total. The number of pyridine rings is 1. The lowest BCUT2D eigenvalue weighted by molar-refractivity contribution is -0.137. The highest BCUT2D eigenvalue weighted by molar-refractivity contribution is 7.98. The van der Waals surface area contributed by atoms with Crippen molar-refractivity contribution in [2.45, 2.75) is 36.9 Å². The Bertz CT molecular complexity index is 1120. The Balaban J connectivity index is 1.67. The first-order chi connectivity index (χ1) is 15.4. The van der Waals surface area contributed by atoms with Crippen molar-refractivity contribution in [1.29, 1.82) is 0 Å². The maximum atomic E-state index is 13.9. The summed E-state index contributed by atoms with van der Waals surface area (Å²) in [6.07, 6.45) is 2.48. The third-order valence-electron chi connectivity index (χ3n) is 6.27. The Morgan fingerprint density at radius 3 is 2.34 bits per heavy atom. The van der Waals surface area contributed by atoms with Crippen LogP contribution in [0.4, 0.5) is 18.9 Å². The second-order valence-corrected chi connectivity index (χ2v) is 9.56. The molecule has 0 bridgehead atoms. The number of fused-ring (bicyclic) bond motifs is 1. The van der Waals surface area contributed by atoms with Gasteiger partial charge < -0.3 is 9.64 Å². The van der Waals surface area contributed by atoms with E-state index in [2.05, 4.69) is 4.90 Å². The Hall–Kier alpha value is -2.35. The second-order valence-electron chi connectivity index (χ2n) is 8.77. The van der Waals surface area contributed by atoms with Crippen LogP contribution in [0.5, 0.6) is 5.75 Å². The monoisotopic (exact) mass is 461 g/mol.